The Hall–Kier alpha value is -3.24. The average molecular weight is 433 g/mol. The van der Waals surface area contributed by atoms with Gasteiger partial charge in [-0.2, -0.15) is 26.3 Å². The Morgan fingerprint density at radius 3 is 1.63 bits per heavy atom. The van der Waals surface area contributed by atoms with Crippen LogP contribution < -0.4 is 9.47 Å². The van der Waals surface area contributed by atoms with Gasteiger partial charge in [0.2, 0.25) is 0 Å². The predicted molar refractivity (Wildman–Crippen MR) is 93.7 cm³/mol. The van der Waals surface area contributed by atoms with Crippen LogP contribution in [0.5, 0.6) is 11.5 Å². The smallest absolute Gasteiger partial charge is 0.434 e. The number of aromatic nitrogens is 1. The number of pyridine rings is 1. The first-order valence-electron chi connectivity index (χ1n) is 8.25. The van der Waals surface area contributed by atoms with E-state index in [1.807, 2.05) is 0 Å². The number of esters is 1. The Balaban J connectivity index is 2.27. The molecule has 0 aliphatic rings. The third-order valence-electron chi connectivity index (χ3n) is 4.21. The van der Waals surface area contributed by atoms with Gasteiger partial charge in [0.15, 0.2) is 0 Å². The van der Waals surface area contributed by atoms with Gasteiger partial charge in [-0.25, -0.2) is 9.78 Å². The summed E-state index contributed by atoms with van der Waals surface area (Å²) in [4.78, 5) is 16.9. The van der Waals surface area contributed by atoms with Crippen molar-refractivity contribution in [2.24, 2.45) is 0 Å². The highest BCUT2D eigenvalue weighted by Gasteiger charge is 2.60. The lowest BCUT2D eigenvalue weighted by Gasteiger charge is -2.23. The molecule has 1 heterocycles. The van der Waals surface area contributed by atoms with E-state index in [0.29, 0.717) is 0 Å². The zero-order valence-corrected chi connectivity index (χ0v) is 15.4. The van der Waals surface area contributed by atoms with Gasteiger partial charge in [-0.3, -0.25) is 0 Å². The van der Waals surface area contributed by atoms with Crippen molar-refractivity contribution in [3.8, 4) is 11.5 Å². The summed E-state index contributed by atoms with van der Waals surface area (Å²) in [6.45, 7) is 0. The van der Waals surface area contributed by atoms with Crippen molar-refractivity contribution in [3.05, 3.63) is 42.0 Å². The predicted octanol–water partition coefficient (Wildman–Crippen LogP) is 5.06. The number of hydrogen-bond acceptors (Lipinski definition) is 5. The highest BCUT2D eigenvalue weighted by atomic mass is 19.4. The first-order chi connectivity index (χ1) is 14.0. The van der Waals surface area contributed by atoms with Crippen LogP contribution in [0.2, 0.25) is 0 Å². The van der Waals surface area contributed by atoms with Gasteiger partial charge in [0.25, 0.3) is 6.10 Å². The number of ether oxygens (including phenoxy) is 3. The standard InChI is InChI=1S/C19H13F6NO4/c1-28-9-3-5-13-11(7-9)15(12-8-10(29-2)4-6-14(12)26-13)16(27)30-17(18(20,21)22)19(23,24)25/h3-8,17H,1-2H3. The Bertz CT molecular complexity index is 1030. The first-order valence-corrected chi connectivity index (χ1v) is 8.25. The zero-order valence-electron chi connectivity index (χ0n) is 15.4. The molecule has 0 fully saturated rings. The molecule has 0 radical (unpaired) electrons. The van der Waals surface area contributed by atoms with Gasteiger partial charge in [0, 0.05) is 10.8 Å². The molecule has 3 aromatic rings. The number of fused-ring (bicyclic) bond motifs is 2. The van der Waals surface area contributed by atoms with Gasteiger partial charge < -0.3 is 14.2 Å². The molecular weight excluding hydrogens is 420 g/mol. The second-order valence-corrected chi connectivity index (χ2v) is 6.12. The molecule has 11 heteroatoms. The SMILES string of the molecule is COc1ccc2nc3ccc(OC)cc3c(C(=O)OC(C(F)(F)F)C(F)(F)F)c2c1. The number of carbonyl (C=O) groups excluding carboxylic acids is 1. The number of hydrogen-bond donors (Lipinski definition) is 0. The molecule has 0 aliphatic heterocycles. The summed E-state index contributed by atoms with van der Waals surface area (Å²) in [5.74, 6) is -1.39. The molecule has 0 N–H and O–H groups in total. The van der Waals surface area contributed by atoms with Crippen molar-refractivity contribution in [2.45, 2.75) is 18.5 Å². The molecule has 0 aliphatic carbocycles. The Kier molecular flexibility index (Phi) is 5.40. The van der Waals surface area contributed by atoms with Gasteiger partial charge in [0.05, 0.1) is 30.8 Å². The van der Waals surface area contributed by atoms with Gasteiger partial charge in [0.1, 0.15) is 11.5 Å². The molecule has 0 atom stereocenters. The molecule has 5 nitrogen and oxygen atoms in total. The van der Waals surface area contributed by atoms with E-state index in [0.717, 1.165) is 0 Å². The number of alkyl halides is 6. The Labute approximate surface area is 165 Å². The molecule has 1 aromatic heterocycles. The van der Waals surface area contributed by atoms with Crippen LogP contribution in [0, 0.1) is 0 Å². The molecule has 2 aromatic carbocycles. The molecule has 30 heavy (non-hydrogen) atoms. The monoisotopic (exact) mass is 433 g/mol. The lowest BCUT2D eigenvalue weighted by Crippen LogP contribution is -2.45. The second-order valence-electron chi connectivity index (χ2n) is 6.12. The minimum absolute atomic E-state index is 0.0387. The minimum Gasteiger partial charge on any atom is -0.497 e. The van der Waals surface area contributed by atoms with Crippen LogP contribution in [-0.2, 0) is 4.74 Å². The van der Waals surface area contributed by atoms with Crippen LogP contribution in [0.25, 0.3) is 21.8 Å². The Morgan fingerprint density at radius 2 is 1.27 bits per heavy atom. The molecule has 0 saturated heterocycles. The van der Waals surface area contributed by atoms with Crippen molar-refractivity contribution in [2.75, 3.05) is 14.2 Å². The van der Waals surface area contributed by atoms with E-state index in [1.165, 1.54) is 50.6 Å². The molecular formula is C19H13F6NO4. The highest BCUT2D eigenvalue weighted by Crippen LogP contribution is 2.38. The van der Waals surface area contributed by atoms with Crippen LogP contribution in [0.15, 0.2) is 36.4 Å². The molecule has 160 valence electrons. The lowest BCUT2D eigenvalue weighted by molar-refractivity contribution is -0.307. The third kappa shape index (κ3) is 4.05. The second kappa shape index (κ2) is 7.54. The zero-order chi connectivity index (χ0) is 22.3. The number of nitrogens with zero attached hydrogens (tertiary/aromatic N) is 1. The summed E-state index contributed by atoms with van der Waals surface area (Å²) >= 11 is 0. The summed E-state index contributed by atoms with van der Waals surface area (Å²) in [5, 5.41) is -0.0774. The van der Waals surface area contributed by atoms with Crippen molar-refractivity contribution >= 4 is 27.8 Å². The Morgan fingerprint density at radius 1 is 0.833 bits per heavy atom. The fourth-order valence-corrected chi connectivity index (χ4v) is 2.86. The summed E-state index contributed by atoms with van der Waals surface area (Å²) in [6.07, 6.45) is -16.0. The van der Waals surface area contributed by atoms with Gasteiger partial charge in [-0.15, -0.1) is 0 Å². The van der Waals surface area contributed by atoms with E-state index in [1.54, 1.807) is 0 Å². The quantitative estimate of drug-likeness (QED) is 0.327. The summed E-state index contributed by atoms with van der Waals surface area (Å²) in [6, 6.07) is 8.34. The normalized spacial score (nSPS) is 12.4. The molecule has 0 spiro atoms. The number of methoxy groups -OCH3 is 2. The van der Waals surface area contributed by atoms with Crippen LogP contribution in [-0.4, -0.2) is 43.6 Å². The maximum atomic E-state index is 12.9. The van der Waals surface area contributed by atoms with E-state index in [9.17, 15) is 31.1 Å². The van der Waals surface area contributed by atoms with Crippen molar-refractivity contribution in [1.82, 2.24) is 4.98 Å². The highest BCUT2D eigenvalue weighted by molar-refractivity contribution is 6.14. The molecule has 0 bridgehead atoms. The number of rotatable bonds is 4. The van der Waals surface area contributed by atoms with E-state index in [-0.39, 0.29) is 33.3 Å². The van der Waals surface area contributed by atoms with E-state index in [2.05, 4.69) is 9.72 Å². The molecule has 0 saturated carbocycles. The lowest BCUT2D eigenvalue weighted by atomic mass is 10.0. The van der Waals surface area contributed by atoms with Gasteiger partial charge in [-0.1, -0.05) is 0 Å². The molecule has 0 amide bonds. The van der Waals surface area contributed by atoms with E-state index in [4.69, 9.17) is 9.47 Å². The number of benzene rings is 2. The summed E-state index contributed by atoms with van der Waals surface area (Å²) < 4.78 is 91.5. The fourth-order valence-electron chi connectivity index (χ4n) is 2.86. The fraction of sp³-hybridized carbons (Fsp3) is 0.263. The van der Waals surface area contributed by atoms with Crippen molar-refractivity contribution in [1.29, 1.82) is 0 Å². The number of halogens is 6. The van der Waals surface area contributed by atoms with Crippen LogP contribution in [0.3, 0.4) is 0 Å². The summed E-state index contributed by atoms with van der Waals surface area (Å²) in [7, 11) is 2.61. The van der Waals surface area contributed by atoms with Crippen LogP contribution in [0.4, 0.5) is 26.3 Å². The van der Waals surface area contributed by atoms with Gasteiger partial charge >= 0.3 is 18.3 Å². The first kappa shape index (κ1) is 21.5. The van der Waals surface area contributed by atoms with E-state index >= 15 is 0 Å². The average Bonchev–Trinajstić information content (AvgIpc) is 2.67. The topological polar surface area (TPSA) is 57.7 Å². The van der Waals surface area contributed by atoms with Crippen LogP contribution in [0.1, 0.15) is 10.4 Å². The largest absolute Gasteiger partial charge is 0.497 e. The van der Waals surface area contributed by atoms with Crippen LogP contribution >= 0.6 is 0 Å². The molecule has 3 rings (SSSR count). The molecule has 0 unspecified atom stereocenters. The van der Waals surface area contributed by atoms with Gasteiger partial charge in [-0.05, 0) is 36.4 Å². The third-order valence-corrected chi connectivity index (χ3v) is 4.21. The summed E-state index contributed by atoms with van der Waals surface area (Å²) in [5.41, 5.74) is -0.224. The van der Waals surface area contributed by atoms with E-state index < -0.39 is 30.0 Å². The maximum Gasteiger partial charge on any atom is 0.434 e. The van der Waals surface area contributed by atoms with Crippen molar-refractivity contribution in [3.63, 3.8) is 0 Å². The maximum absolute atomic E-state index is 12.9. The van der Waals surface area contributed by atoms with Crippen molar-refractivity contribution < 1.29 is 45.3 Å². The minimum atomic E-state index is -5.85. The number of carbonyl (C=O) groups is 1.